The van der Waals surface area contributed by atoms with Crippen LogP contribution in [0.2, 0.25) is 0 Å². The minimum absolute atomic E-state index is 0.00679. The first-order valence-electron chi connectivity index (χ1n) is 10.3. The summed E-state index contributed by atoms with van der Waals surface area (Å²) < 4.78 is 0. The van der Waals surface area contributed by atoms with Gasteiger partial charge in [0, 0.05) is 24.0 Å². The zero-order chi connectivity index (χ0) is 19.3. The zero-order valence-corrected chi connectivity index (χ0v) is 16.6. The first kappa shape index (κ1) is 18.8. The molecule has 1 aliphatic rings. The number of amides is 1. The molecule has 2 N–H and O–H groups in total. The number of nitrogens with one attached hydrogen (secondary N) is 2. The van der Waals surface area contributed by atoms with Crippen LogP contribution in [-0.4, -0.2) is 42.0 Å². The van der Waals surface area contributed by atoms with Crippen molar-refractivity contribution >= 4 is 16.8 Å². The van der Waals surface area contributed by atoms with E-state index in [1.165, 1.54) is 24.8 Å². The average molecular weight is 376 g/mol. The predicted octanol–water partition coefficient (Wildman–Crippen LogP) is 4.16. The van der Waals surface area contributed by atoms with E-state index >= 15 is 0 Å². The predicted molar refractivity (Wildman–Crippen MR) is 115 cm³/mol. The Hall–Kier alpha value is -2.59. The number of hydrogen-bond acceptors (Lipinski definition) is 2. The van der Waals surface area contributed by atoms with Gasteiger partial charge < -0.3 is 15.2 Å². The Bertz CT molecular complexity index is 923. The van der Waals surface area contributed by atoms with Gasteiger partial charge in [-0.05, 0) is 62.4 Å². The molecule has 1 saturated heterocycles. The summed E-state index contributed by atoms with van der Waals surface area (Å²) in [7, 11) is 0. The Morgan fingerprint density at radius 2 is 1.79 bits per heavy atom. The fourth-order valence-corrected chi connectivity index (χ4v) is 4.29. The minimum atomic E-state index is -0.00679. The van der Waals surface area contributed by atoms with E-state index in [0.29, 0.717) is 12.2 Å². The summed E-state index contributed by atoms with van der Waals surface area (Å²) in [5, 5.41) is 4.21. The van der Waals surface area contributed by atoms with Crippen LogP contribution < -0.4 is 5.32 Å². The van der Waals surface area contributed by atoms with Crippen molar-refractivity contribution in [1.29, 1.82) is 0 Å². The van der Waals surface area contributed by atoms with Crippen LogP contribution in [0.25, 0.3) is 10.9 Å². The monoisotopic (exact) mass is 375 g/mol. The van der Waals surface area contributed by atoms with Crippen molar-refractivity contribution in [3.05, 3.63) is 71.4 Å². The summed E-state index contributed by atoms with van der Waals surface area (Å²) in [6.07, 6.45) is 3.67. The summed E-state index contributed by atoms with van der Waals surface area (Å²) in [4.78, 5) is 18.3. The summed E-state index contributed by atoms with van der Waals surface area (Å²) >= 11 is 0. The van der Waals surface area contributed by atoms with Crippen LogP contribution in [0.3, 0.4) is 0 Å². The molecule has 28 heavy (non-hydrogen) atoms. The van der Waals surface area contributed by atoms with E-state index in [2.05, 4.69) is 51.6 Å². The minimum Gasteiger partial charge on any atom is -0.350 e. The van der Waals surface area contributed by atoms with Gasteiger partial charge in [0.05, 0.1) is 0 Å². The number of nitrogens with zero attached hydrogens (tertiary/aromatic N) is 1. The van der Waals surface area contributed by atoms with Crippen molar-refractivity contribution in [2.24, 2.45) is 5.92 Å². The third-order valence-electron chi connectivity index (χ3n) is 5.98. The number of H-pyrrole nitrogens is 1. The van der Waals surface area contributed by atoms with Gasteiger partial charge in [-0.1, -0.05) is 48.5 Å². The third-order valence-corrected chi connectivity index (χ3v) is 5.98. The fraction of sp³-hybridized carbons (Fsp3) is 0.375. The van der Waals surface area contributed by atoms with E-state index in [9.17, 15) is 4.79 Å². The topological polar surface area (TPSA) is 48.1 Å². The van der Waals surface area contributed by atoms with Gasteiger partial charge in [0.2, 0.25) is 0 Å². The molecule has 0 bridgehead atoms. The molecule has 1 aromatic heterocycles. The van der Waals surface area contributed by atoms with E-state index in [1.54, 1.807) is 0 Å². The van der Waals surface area contributed by atoms with Crippen LogP contribution in [0.4, 0.5) is 0 Å². The number of rotatable bonds is 6. The Labute approximate surface area is 166 Å². The quantitative estimate of drug-likeness (QED) is 0.680. The van der Waals surface area contributed by atoms with Crippen LogP contribution in [0.5, 0.6) is 0 Å². The first-order chi connectivity index (χ1) is 13.7. The molecule has 4 nitrogen and oxygen atoms in total. The van der Waals surface area contributed by atoms with Crippen molar-refractivity contribution in [1.82, 2.24) is 15.2 Å². The number of likely N-dealkylation sites (tertiary alicyclic amines) is 1. The highest BCUT2D eigenvalue weighted by Crippen LogP contribution is 2.22. The lowest BCUT2D eigenvalue weighted by atomic mass is 9.90. The third kappa shape index (κ3) is 4.28. The molecule has 2 heterocycles. The number of para-hydroxylation sites is 1. The molecule has 1 amide bonds. The summed E-state index contributed by atoms with van der Waals surface area (Å²) in [6.45, 7) is 5.86. The van der Waals surface area contributed by atoms with Gasteiger partial charge in [-0.25, -0.2) is 0 Å². The number of carbonyl (C=O) groups is 1. The average Bonchev–Trinajstić information content (AvgIpc) is 3.07. The Balaban J connectivity index is 1.22. The highest BCUT2D eigenvalue weighted by Gasteiger charge is 2.20. The Morgan fingerprint density at radius 3 is 2.54 bits per heavy atom. The van der Waals surface area contributed by atoms with Crippen LogP contribution in [0.1, 0.15) is 34.5 Å². The fourth-order valence-electron chi connectivity index (χ4n) is 4.29. The molecule has 0 radical (unpaired) electrons. The lowest BCUT2D eigenvalue weighted by Crippen LogP contribution is -2.40. The molecule has 3 aromatic rings. The normalized spacial score (nSPS) is 15.8. The number of aromatic amines is 1. The molecule has 0 unspecified atom stereocenters. The SMILES string of the molecule is Cc1c(C(=O)NCCN2CCC(Cc3ccccc3)CC2)[nH]c2ccccc12. The highest BCUT2D eigenvalue weighted by atomic mass is 16.1. The second-order valence-corrected chi connectivity index (χ2v) is 7.90. The van der Waals surface area contributed by atoms with Gasteiger partial charge in [0.1, 0.15) is 5.69 Å². The largest absolute Gasteiger partial charge is 0.350 e. The lowest BCUT2D eigenvalue weighted by molar-refractivity contribution is 0.0939. The van der Waals surface area contributed by atoms with Crippen molar-refractivity contribution in [3.63, 3.8) is 0 Å². The number of benzene rings is 2. The van der Waals surface area contributed by atoms with Gasteiger partial charge in [-0.3, -0.25) is 4.79 Å². The standard InChI is InChI=1S/C24H29N3O/c1-18-21-9-5-6-10-22(21)26-23(18)24(28)25-13-16-27-14-11-20(12-15-27)17-19-7-3-2-4-8-19/h2-10,20,26H,11-17H2,1H3,(H,25,28). The smallest absolute Gasteiger partial charge is 0.268 e. The maximum absolute atomic E-state index is 12.6. The summed E-state index contributed by atoms with van der Waals surface area (Å²) in [5.74, 6) is 0.773. The number of piperidine rings is 1. The number of aromatic nitrogens is 1. The lowest BCUT2D eigenvalue weighted by Gasteiger charge is -2.32. The van der Waals surface area contributed by atoms with Crippen molar-refractivity contribution in [3.8, 4) is 0 Å². The summed E-state index contributed by atoms with van der Waals surface area (Å²) in [6, 6.07) is 18.9. The van der Waals surface area contributed by atoms with E-state index in [0.717, 1.165) is 42.0 Å². The molecule has 1 fully saturated rings. The second kappa shape index (κ2) is 8.61. The van der Waals surface area contributed by atoms with E-state index < -0.39 is 0 Å². The zero-order valence-electron chi connectivity index (χ0n) is 16.6. The molecule has 0 spiro atoms. The van der Waals surface area contributed by atoms with Crippen molar-refractivity contribution < 1.29 is 4.79 Å². The number of aryl methyl sites for hydroxylation is 1. The molecule has 4 rings (SSSR count). The molecular formula is C24H29N3O. The molecule has 146 valence electrons. The number of fused-ring (bicyclic) bond motifs is 1. The van der Waals surface area contributed by atoms with Gasteiger partial charge in [-0.2, -0.15) is 0 Å². The second-order valence-electron chi connectivity index (χ2n) is 7.90. The number of carbonyl (C=O) groups excluding carboxylic acids is 1. The molecule has 0 aliphatic carbocycles. The van der Waals surface area contributed by atoms with Gasteiger partial charge in [0.15, 0.2) is 0 Å². The molecule has 0 saturated carbocycles. The molecule has 2 aromatic carbocycles. The highest BCUT2D eigenvalue weighted by molar-refractivity contribution is 6.00. The van der Waals surface area contributed by atoms with Crippen molar-refractivity contribution in [2.45, 2.75) is 26.2 Å². The Kier molecular flexibility index (Phi) is 5.77. The van der Waals surface area contributed by atoms with Crippen LogP contribution in [0.15, 0.2) is 54.6 Å². The molecular weight excluding hydrogens is 346 g/mol. The van der Waals surface area contributed by atoms with Crippen molar-refractivity contribution in [2.75, 3.05) is 26.2 Å². The summed E-state index contributed by atoms with van der Waals surface area (Å²) in [5.41, 5.74) is 4.17. The van der Waals surface area contributed by atoms with E-state index in [-0.39, 0.29) is 5.91 Å². The van der Waals surface area contributed by atoms with Gasteiger partial charge in [0.25, 0.3) is 5.91 Å². The molecule has 1 aliphatic heterocycles. The van der Waals surface area contributed by atoms with E-state index in [4.69, 9.17) is 0 Å². The molecule has 0 atom stereocenters. The van der Waals surface area contributed by atoms with E-state index in [1.807, 2.05) is 25.1 Å². The maximum atomic E-state index is 12.6. The maximum Gasteiger partial charge on any atom is 0.268 e. The van der Waals surface area contributed by atoms with Gasteiger partial charge >= 0.3 is 0 Å². The van der Waals surface area contributed by atoms with Crippen LogP contribution in [-0.2, 0) is 6.42 Å². The first-order valence-corrected chi connectivity index (χ1v) is 10.3. The Morgan fingerprint density at radius 1 is 1.07 bits per heavy atom. The molecule has 4 heteroatoms. The van der Waals surface area contributed by atoms with Crippen LogP contribution in [0, 0.1) is 12.8 Å². The van der Waals surface area contributed by atoms with Gasteiger partial charge in [-0.15, -0.1) is 0 Å². The van der Waals surface area contributed by atoms with Crippen LogP contribution >= 0.6 is 0 Å². The number of hydrogen-bond donors (Lipinski definition) is 2.